The summed E-state index contributed by atoms with van der Waals surface area (Å²) >= 11 is 0. The van der Waals surface area contributed by atoms with Crippen LogP contribution in [-0.2, 0) is 6.42 Å². The maximum Gasteiger partial charge on any atom is 0.160 e. The summed E-state index contributed by atoms with van der Waals surface area (Å²) in [6, 6.07) is 62.2. The van der Waals surface area contributed by atoms with E-state index in [1.165, 1.54) is 39.0 Å². The first-order valence-corrected chi connectivity index (χ1v) is 19.7. The van der Waals surface area contributed by atoms with Crippen molar-refractivity contribution in [1.29, 1.82) is 0 Å². The first-order chi connectivity index (χ1) is 27.3. The summed E-state index contributed by atoms with van der Waals surface area (Å²) in [5.41, 5.74) is 16.7. The summed E-state index contributed by atoms with van der Waals surface area (Å²) in [4.78, 5) is 10.5. The minimum atomic E-state index is 0.275. The van der Waals surface area contributed by atoms with Gasteiger partial charge < -0.3 is 0 Å². The molecule has 4 aliphatic carbocycles. The highest BCUT2D eigenvalue weighted by Gasteiger charge is 2.56. The molecule has 0 spiro atoms. The van der Waals surface area contributed by atoms with Gasteiger partial charge in [0.15, 0.2) is 5.82 Å². The topological polar surface area (TPSA) is 25.8 Å². The van der Waals surface area contributed by atoms with Crippen LogP contribution in [0.25, 0.3) is 39.5 Å². The summed E-state index contributed by atoms with van der Waals surface area (Å²) in [5.74, 6) is 2.78. The fourth-order valence-electron chi connectivity index (χ4n) is 10.6. The molecule has 0 bridgehead atoms. The first kappa shape index (κ1) is 32.1. The number of aromatic nitrogens is 2. The summed E-state index contributed by atoms with van der Waals surface area (Å²) in [6.45, 7) is 0. The van der Waals surface area contributed by atoms with E-state index >= 15 is 0 Å². The van der Waals surface area contributed by atoms with Crippen molar-refractivity contribution in [1.82, 2.24) is 9.97 Å². The predicted octanol–water partition coefficient (Wildman–Crippen LogP) is 12.5. The molecule has 2 nitrogen and oxygen atoms in total. The zero-order valence-electron chi connectivity index (χ0n) is 30.5. The summed E-state index contributed by atoms with van der Waals surface area (Å²) in [7, 11) is 0. The molecule has 2 heteroatoms. The van der Waals surface area contributed by atoms with E-state index in [-0.39, 0.29) is 5.92 Å². The molecule has 6 atom stereocenters. The summed E-state index contributed by atoms with van der Waals surface area (Å²) < 4.78 is 0. The Balaban J connectivity index is 1.12. The molecule has 4 aliphatic rings. The molecule has 0 radical (unpaired) electrons. The Labute approximate surface area is 323 Å². The minimum absolute atomic E-state index is 0.275. The van der Waals surface area contributed by atoms with E-state index in [9.17, 15) is 0 Å². The van der Waals surface area contributed by atoms with Crippen LogP contribution in [0.3, 0.4) is 0 Å². The molecule has 55 heavy (non-hydrogen) atoms. The second kappa shape index (κ2) is 13.2. The zero-order valence-corrected chi connectivity index (χ0v) is 30.5. The third-order valence-electron chi connectivity index (χ3n) is 12.7. The Morgan fingerprint density at radius 3 is 1.71 bits per heavy atom. The fourth-order valence-corrected chi connectivity index (χ4v) is 10.6. The van der Waals surface area contributed by atoms with E-state index < -0.39 is 0 Å². The average Bonchev–Trinajstić information content (AvgIpc) is 3.62. The van der Waals surface area contributed by atoms with Crippen LogP contribution in [0.15, 0.2) is 200 Å². The van der Waals surface area contributed by atoms with Gasteiger partial charge in [0, 0.05) is 22.6 Å². The van der Waals surface area contributed by atoms with Crippen LogP contribution < -0.4 is 0 Å². The number of nitrogens with zero attached hydrogens (tertiary/aromatic N) is 2. The number of allylic oxidation sites excluding steroid dienone is 5. The molecule has 1 saturated carbocycles. The average molecular weight is 705 g/mol. The number of benzene rings is 6. The lowest BCUT2D eigenvalue weighted by Gasteiger charge is -2.43. The molecule has 1 fully saturated rings. The molecule has 0 aliphatic heterocycles. The molecule has 0 amide bonds. The quantitative estimate of drug-likeness (QED) is 0.178. The van der Waals surface area contributed by atoms with Gasteiger partial charge in [0.25, 0.3) is 0 Å². The SMILES string of the molecule is C1=CC2C3c4ccccc4C4=C(C(c5ccccc5)Cc5ccccc54)C3[C@@H](c3cccc(-c4nc(-c5ccccc5)cc(-c5ccccc5)n4)c3)C2C=C1. The van der Waals surface area contributed by atoms with E-state index in [4.69, 9.17) is 9.97 Å². The molecule has 262 valence electrons. The van der Waals surface area contributed by atoms with Crippen molar-refractivity contribution < 1.29 is 0 Å². The van der Waals surface area contributed by atoms with Gasteiger partial charge in [-0.05, 0) is 92.7 Å². The number of fused-ring (bicyclic) bond motifs is 9. The molecule has 0 saturated heterocycles. The van der Waals surface area contributed by atoms with Gasteiger partial charge in [0.2, 0.25) is 0 Å². The van der Waals surface area contributed by atoms with Crippen LogP contribution in [0.4, 0.5) is 0 Å². The maximum absolute atomic E-state index is 5.26. The van der Waals surface area contributed by atoms with Gasteiger partial charge in [-0.1, -0.05) is 182 Å². The molecular formula is C53H40N2. The molecule has 5 unspecified atom stereocenters. The van der Waals surface area contributed by atoms with Gasteiger partial charge in [-0.15, -0.1) is 0 Å². The van der Waals surface area contributed by atoms with Crippen LogP contribution >= 0.6 is 0 Å². The van der Waals surface area contributed by atoms with Crippen molar-refractivity contribution in [2.45, 2.75) is 24.2 Å². The van der Waals surface area contributed by atoms with Crippen LogP contribution in [0, 0.1) is 17.8 Å². The van der Waals surface area contributed by atoms with Gasteiger partial charge in [0.05, 0.1) is 11.4 Å². The lowest BCUT2D eigenvalue weighted by molar-refractivity contribution is 0.447. The highest BCUT2D eigenvalue weighted by Crippen LogP contribution is 2.67. The van der Waals surface area contributed by atoms with Crippen molar-refractivity contribution >= 4 is 5.57 Å². The summed E-state index contributed by atoms with van der Waals surface area (Å²) in [6.07, 6.45) is 10.6. The third-order valence-corrected chi connectivity index (χ3v) is 12.7. The highest BCUT2D eigenvalue weighted by molar-refractivity contribution is 5.90. The lowest BCUT2D eigenvalue weighted by atomic mass is 9.60. The molecule has 1 aromatic heterocycles. The largest absolute Gasteiger partial charge is 0.228 e. The van der Waals surface area contributed by atoms with Gasteiger partial charge in [-0.3, -0.25) is 0 Å². The zero-order chi connectivity index (χ0) is 36.3. The molecule has 6 aromatic carbocycles. The smallest absolute Gasteiger partial charge is 0.160 e. The Hall–Kier alpha value is -6.38. The van der Waals surface area contributed by atoms with Crippen molar-refractivity contribution in [3.05, 3.63) is 233 Å². The number of hydrogen-bond donors (Lipinski definition) is 0. The van der Waals surface area contributed by atoms with Gasteiger partial charge in [-0.2, -0.15) is 0 Å². The van der Waals surface area contributed by atoms with E-state index in [1.807, 2.05) is 0 Å². The lowest BCUT2D eigenvalue weighted by Crippen LogP contribution is -2.30. The monoisotopic (exact) mass is 704 g/mol. The van der Waals surface area contributed by atoms with Gasteiger partial charge in [-0.25, -0.2) is 9.97 Å². The van der Waals surface area contributed by atoms with Crippen LogP contribution in [0.1, 0.15) is 51.1 Å². The van der Waals surface area contributed by atoms with Crippen LogP contribution in [0.5, 0.6) is 0 Å². The normalized spacial score (nSPS) is 23.0. The Morgan fingerprint density at radius 1 is 0.436 bits per heavy atom. The Kier molecular flexibility index (Phi) is 7.69. The van der Waals surface area contributed by atoms with Crippen molar-refractivity contribution in [3.63, 3.8) is 0 Å². The summed E-state index contributed by atoms with van der Waals surface area (Å²) in [5, 5.41) is 0. The molecule has 1 heterocycles. The van der Waals surface area contributed by atoms with E-state index in [0.29, 0.717) is 29.6 Å². The van der Waals surface area contributed by atoms with Crippen LogP contribution in [0.2, 0.25) is 0 Å². The van der Waals surface area contributed by atoms with Crippen molar-refractivity contribution in [2.75, 3.05) is 0 Å². The molecule has 0 N–H and O–H groups in total. The van der Waals surface area contributed by atoms with E-state index in [2.05, 4.69) is 194 Å². The van der Waals surface area contributed by atoms with Crippen molar-refractivity contribution in [3.8, 4) is 33.9 Å². The Morgan fingerprint density at radius 2 is 1.00 bits per heavy atom. The number of hydrogen-bond acceptors (Lipinski definition) is 2. The fraction of sp³-hybridized carbons (Fsp3) is 0.132. The van der Waals surface area contributed by atoms with Crippen molar-refractivity contribution in [2.24, 2.45) is 17.8 Å². The maximum atomic E-state index is 5.26. The van der Waals surface area contributed by atoms with Gasteiger partial charge in [0.1, 0.15) is 0 Å². The third kappa shape index (κ3) is 5.31. The second-order valence-corrected chi connectivity index (χ2v) is 15.6. The Bertz CT molecular complexity index is 2600. The minimum Gasteiger partial charge on any atom is -0.228 e. The van der Waals surface area contributed by atoms with Gasteiger partial charge >= 0.3 is 0 Å². The van der Waals surface area contributed by atoms with Crippen LogP contribution in [-0.4, -0.2) is 9.97 Å². The van der Waals surface area contributed by atoms with E-state index in [1.54, 1.807) is 5.57 Å². The predicted molar refractivity (Wildman–Crippen MR) is 224 cm³/mol. The van der Waals surface area contributed by atoms with E-state index in [0.717, 1.165) is 40.3 Å². The second-order valence-electron chi connectivity index (χ2n) is 15.6. The molecule has 7 aromatic rings. The standard InChI is InChI=1S/C53H40N2/c1-4-17-34(18-5-1)45-32-37-23-10-11-26-40(37)49-43-29-14-15-30-44(43)50-42-28-13-12-27-41(42)48(52(50)51(45)49)38-24-16-25-39(31-38)53-54-46(35-19-6-2-7-20-35)33-47(55-53)36-21-8-3-9-22-36/h1-31,33,41-42,45,48,50,52H,32H2/t41?,42?,45?,48-,50?,52?/m0/s1. The highest BCUT2D eigenvalue weighted by atomic mass is 14.9. The molecule has 11 rings (SSSR count). The number of rotatable bonds is 5. The molecular weight excluding hydrogens is 665 g/mol. The first-order valence-electron chi connectivity index (χ1n) is 19.7.